The van der Waals surface area contributed by atoms with Crippen molar-refractivity contribution in [2.75, 3.05) is 39.8 Å². The van der Waals surface area contributed by atoms with Crippen molar-refractivity contribution >= 4 is 23.8 Å². The highest BCUT2D eigenvalue weighted by Crippen LogP contribution is 2.24. The van der Waals surface area contributed by atoms with E-state index in [4.69, 9.17) is 4.74 Å². The third-order valence-corrected chi connectivity index (χ3v) is 4.96. The zero-order chi connectivity index (χ0) is 19.6. The fraction of sp³-hybridized carbons (Fsp3) is 0.474. The second-order valence-electron chi connectivity index (χ2n) is 6.75. The Kier molecular flexibility index (Phi) is 5.43. The summed E-state index contributed by atoms with van der Waals surface area (Å²) in [6, 6.07) is 5.15. The molecule has 4 amide bonds. The van der Waals surface area contributed by atoms with Gasteiger partial charge < -0.3 is 14.5 Å². The molecule has 8 heteroatoms. The molecular formula is C19H23N3O5. The van der Waals surface area contributed by atoms with E-state index in [0.29, 0.717) is 43.7 Å². The molecule has 2 aliphatic rings. The first kappa shape index (κ1) is 18.9. The van der Waals surface area contributed by atoms with Gasteiger partial charge in [-0.2, -0.15) is 0 Å². The van der Waals surface area contributed by atoms with Crippen molar-refractivity contribution in [2.45, 2.75) is 19.8 Å². The first-order valence-electron chi connectivity index (χ1n) is 9.00. The number of hydrogen-bond acceptors (Lipinski definition) is 5. The Hall–Kier alpha value is -2.90. The van der Waals surface area contributed by atoms with Crippen LogP contribution in [0.25, 0.3) is 0 Å². The van der Waals surface area contributed by atoms with E-state index in [9.17, 15) is 19.2 Å². The number of benzene rings is 1. The number of amides is 4. The van der Waals surface area contributed by atoms with Crippen LogP contribution in [0.4, 0.5) is 4.79 Å². The number of imide groups is 1. The summed E-state index contributed by atoms with van der Waals surface area (Å²) >= 11 is 0. The largest absolute Gasteiger partial charge is 0.453 e. The van der Waals surface area contributed by atoms with Crippen molar-refractivity contribution in [3.63, 3.8) is 0 Å². The van der Waals surface area contributed by atoms with Gasteiger partial charge in [0.15, 0.2) is 0 Å². The van der Waals surface area contributed by atoms with E-state index >= 15 is 0 Å². The third kappa shape index (κ3) is 3.79. The summed E-state index contributed by atoms with van der Waals surface area (Å²) in [5.74, 6) is -0.829. The van der Waals surface area contributed by atoms with Gasteiger partial charge >= 0.3 is 6.09 Å². The van der Waals surface area contributed by atoms with E-state index in [1.54, 1.807) is 28.0 Å². The molecule has 27 heavy (non-hydrogen) atoms. The molecule has 0 spiro atoms. The van der Waals surface area contributed by atoms with Gasteiger partial charge in [0.1, 0.15) is 0 Å². The standard InChI is InChI=1S/C19H23N3O5/c1-13-4-5-14-15(12-13)18(25)22(17(14)24)9-6-16(23)20-7-3-8-21(11-10-20)19(26)27-2/h4-5,12H,3,6-11H2,1-2H3. The Morgan fingerprint density at radius 3 is 2.41 bits per heavy atom. The van der Waals surface area contributed by atoms with E-state index in [2.05, 4.69) is 0 Å². The van der Waals surface area contributed by atoms with Gasteiger partial charge in [0, 0.05) is 39.1 Å². The predicted octanol–water partition coefficient (Wildman–Crippen LogP) is 1.28. The molecule has 0 aliphatic carbocycles. The van der Waals surface area contributed by atoms with Crippen molar-refractivity contribution in [1.29, 1.82) is 0 Å². The maximum atomic E-state index is 12.5. The van der Waals surface area contributed by atoms with Crippen LogP contribution in [0.2, 0.25) is 0 Å². The SMILES string of the molecule is COC(=O)N1CCCN(C(=O)CCN2C(=O)c3ccc(C)cc3C2=O)CC1. The summed E-state index contributed by atoms with van der Waals surface area (Å²) in [7, 11) is 1.33. The number of nitrogens with zero attached hydrogens (tertiary/aromatic N) is 3. The molecule has 0 radical (unpaired) electrons. The van der Waals surface area contributed by atoms with E-state index in [1.807, 2.05) is 6.92 Å². The Bertz CT molecular complexity index is 792. The fourth-order valence-corrected chi connectivity index (χ4v) is 3.45. The van der Waals surface area contributed by atoms with Crippen molar-refractivity contribution in [3.05, 3.63) is 34.9 Å². The topological polar surface area (TPSA) is 87.2 Å². The van der Waals surface area contributed by atoms with Crippen LogP contribution in [0.15, 0.2) is 18.2 Å². The molecule has 1 aromatic carbocycles. The Labute approximate surface area is 157 Å². The number of fused-ring (bicyclic) bond motifs is 1. The monoisotopic (exact) mass is 373 g/mol. The lowest BCUT2D eigenvalue weighted by atomic mass is 10.1. The second kappa shape index (κ2) is 7.77. The Balaban J connectivity index is 1.57. The molecule has 0 N–H and O–H groups in total. The number of carbonyl (C=O) groups excluding carboxylic acids is 4. The minimum atomic E-state index is -0.398. The summed E-state index contributed by atoms with van der Waals surface area (Å²) in [5, 5.41) is 0. The van der Waals surface area contributed by atoms with Crippen LogP contribution in [-0.2, 0) is 9.53 Å². The summed E-state index contributed by atoms with van der Waals surface area (Å²) in [6.45, 7) is 3.81. The van der Waals surface area contributed by atoms with Gasteiger partial charge in [-0.3, -0.25) is 19.3 Å². The number of hydrogen-bond donors (Lipinski definition) is 0. The molecule has 0 aromatic heterocycles. The highest BCUT2D eigenvalue weighted by atomic mass is 16.5. The van der Waals surface area contributed by atoms with Crippen LogP contribution in [0.5, 0.6) is 0 Å². The number of aryl methyl sites for hydroxylation is 1. The van der Waals surface area contributed by atoms with Crippen LogP contribution in [0, 0.1) is 6.92 Å². The van der Waals surface area contributed by atoms with Crippen LogP contribution >= 0.6 is 0 Å². The molecule has 3 rings (SSSR count). The fourth-order valence-electron chi connectivity index (χ4n) is 3.45. The summed E-state index contributed by atoms with van der Waals surface area (Å²) < 4.78 is 4.72. The number of rotatable bonds is 3. The lowest BCUT2D eigenvalue weighted by Crippen LogP contribution is -2.39. The molecule has 0 unspecified atom stereocenters. The molecule has 144 valence electrons. The average Bonchev–Trinajstić information content (AvgIpc) is 2.84. The normalized spacial score (nSPS) is 17.0. The molecule has 0 saturated carbocycles. The molecule has 1 fully saturated rings. The molecule has 1 aromatic rings. The lowest BCUT2D eigenvalue weighted by Gasteiger charge is -2.22. The molecular weight excluding hydrogens is 350 g/mol. The molecule has 2 heterocycles. The highest BCUT2D eigenvalue weighted by molar-refractivity contribution is 6.21. The smallest absolute Gasteiger partial charge is 0.409 e. The third-order valence-electron chi connectivity index (χ3n) is 4.96. The quantitative estimate of drug-likeness (QED) is 0.745. The van der Waals surface area contributed by atoms with E-state index in [0.717, 1.165) is 10.5 Å². The van der Waals surface area contributed by atoms with Crippen LogP contribution < -0.4 is 0 Å². The first-order chi connectivity index (χ1) is 12.9. The van der Waals surface area contributed by atoms with Crippen molar-refractivity contribution in [1.82, 2.24) is 14.7 Å². The second-order valence-corrected chi connectivity index (χ2v) is 6.75. The zero-order valence-electron chi connectivity index (χ0n) is 15.6. The maximum Gasteiger partial charge on any atom is 0.409 e. The summed E-state index contributed by atoms with van der Waals surface area (Å²) in [5.41, 5.74) is 1.70. The maximum absolute atomic E-state index is 12.5. The Morgan fingerprint density at radius 1 is 1.00 bits per heavy atom. The van der Waals surface area contributed by atoms with Crippen LogP contribution in [0.1, 0.15) is 39.1 Å². The molecule has 8 nitrogen and oxygen atoms in total. The predicted molar refractivity (Wildman–Crippen MR) is 96.3 cm³/mol. The summed E-state index contributed by atoms with van der Waals surface area (Å²) in [6.07, 6.45) is 0.334. The van der Waals surface area contributed by atoms with Gasteiger partial charge in [-0.25, -0.2) is 4.79 Å². The van der Waals surface area contributed by atoms with Gasteiger partial charge in [-0.05, 0) is 25.5 Å². The van der Waals surface area contributed by atoms with Crippen molar-refractivity contribution in [3.8, 4) is 0 Å². The van der Waals surface area contributed by atoms with Gasteiger partial charge in [0.05, 0.1) is 18.2 Å². The van der Waals surface area contributed by atoms with Crippen LogP contribution in [-0.4, -0.2) is 78.3 Å². The Morgan fingerprint density at radius 2 is 1.67 bits per heavy atom. The van der Waals surface area contributed by atoms with Gasteiger partial charge in [-0.1, -0.05) is 11.6 Å². The number of ether oxygens (including phenoxy) is 1. The molecule has 0 bridgehead atoms. The average molecular weight is 373 g/mol. The van der Waals surface area contributed by atoms with E-state index < -0.39 is 6.09 Å². The van der Waals surface area contributed by atoms with E-state index in [-0.39, 0.29) is 30.7 Å². The van der Waals surface area contributed by atoms with Crippen molar-refractivity contribution in [2.24, 2.45) is 0 Å². The number of carbonyl (C=O) groups is 4. The first-order valence-corrected chi connectivity index (χ1v) is 9.00. The number of methoxy groups -OCH3 is 1. The van der Waals surface area contributed by atoms with Gasteiger partial charge in [0.25, 0.3) is 11.8 Å². The minimum Gasteiger partial charge on any atom is -0.453 e. The molecule has 1 saturated heterocycles. The minimum absolute atomic E-state index is 0.0570. The van der Waals surface area contributed by atoms with E-state index in [1.165, 1.54) is 7.11 Å². The lowest BCUT2D eigenvalue weighted by molar-refractivity contribution is -0.131. The van der Waals surface area contributed by atoms with Crippen molar-refractivity contribution < 1.29 is 23.9 Å². The molecule has 0 atom stereocenters. The highest BCUT2D eigenvalue weighted by Gasteiger charge is 2.35. The van der Waals surface area contributed by atoms with Crippen LogP contribution in [0.3, 0.4) is 0 Å². The zero-order valence-corrected chi connectivity index (χ0v) is 15.6. The van der Waals surface area contributed by atoms with Gasteiger partial charge in [-0.15, -0.1) is 0 Å². The molecule has 2 aliphatic heterocycles. The van der Waals surface area contributed by atoms with Gasteiger partial charge in [0.2, 0.25) is 5.91 Å². The summed E-state index contributed by atoms with van der Waals surface area (Å²) in [4.78, 5) is 53.4.